The Hall–Kier alpha value is -0.980. The third-order valence-electron chi connectivity index (χ3n) is 2.69. The van der Waals surface area contributed by atoms with Crippen LogP contribution in [0.3, 0.4) is 0 Å². The molecule has 0 bridgehead atoms. The Balaban J connectivity index is 1.99. The minimum Gasteiger partial charge on any atom is -0.356 e. The molecule has 0 unspecified atom stereocenters. The van der Waals surface area contributed by atoms with Crippen molar-refractivity contribution in [1.82, 2.24) is 10.3 Å². The summed E-state index contributed by atoms with van der Waals surface area (Å²) in [4.78, 5) is 4.27. The molecule has 1 aromatic carbocycles. The molecular weight excluding hydrogens is 402 g/mol. The normalized spacial score (nSPS) is 11.8. The fourth-order valence-electron chi connectivity index (χ4n) is 1.67. The van der Waals surface area contributed by atoms with E-state index >= 15 is 0 Å². The first kappa shape index (κ1) is 15.4. The highest BCUT2D eigenvalue weighted by atomic mass is 79.9. The van der Waals surface area contributed by atoms with Crippen LogP contribution in [0.25, 0.3) is 0 Å². The van der Waals surface area contributed by atoms with Gasteiger partial charge in [0.05, 0.1) is 10.5 Å². The van der Waals surface area contributed by atoms with Gasteiger partial charge in [-0.3, -0.25) is 0 Å². The Bertz CT molecular complexity index is 605. The van der Waals surface area contributed by atoms with Crippen molar-refractivity contribution in [3.63, 3.8) is 0 Å². The zero-order valence-electron chi connectivity index (χ0n) is 10.7. The van der Waals surface area contributed by atoms with Crippen molar-refractivity contribution in [2.24, 2.45) is 0 Å². The van der Waals surface area contributed by atoms with Gasteiger partial charge in [0.1, 0.15) is 5.82 Å². The Kier molecular flexibility index (Phi) is 5.51. The van der Waals surface area contributed by atoms with Gasteiger partial charge in [0, 0.05) is 10.7 Å². The van der Waals surface area contributed by atoms with Crippen molar-refractivity contribution >= 4 is 55.0 Å². The molecular formula is C14H13Br2N3S. The lowest BCUT2D eigenvalue weighted by Gasteiger charge is -2.17. The van der Waals surface area contributed by atoms with Crippen LogP contribution < -0.4 is 10.6 Å². The van der Waals surface area contributed by atoms with Gasteiger partial charge < -0.3 is 10.6 Å². The molecule has 0 fully saturated rings. The molecule has 1 atom stereocenters. The molecule has 1 heterocycles. The molecule has 2 N–H and O–H groups in total. The smallest absolute Gasteiger partial charge is 0.172 e. The Morgan fingerprint density at radius 1 is 1.25 bits per heavy atom. The van der Waals surface area contributed by atoms with Crippen molar-refractivity contribution in [1.29, 1.82) is 0 Å². The fourth-order valence-corrected chi connectivity index (χ4v) is 3.03. The van der Waals surface area contributed by atoms with E-state index in [2.05, 4.69) is 66.5 Å². The lowest BCUT2D eigenvalue weighted by Crippen LogP contribution is -2.31. The minimum absolute atomic E-state index is 0.130. The predicted octanol–water partition coefficient (Wildman–Crippen LogP) is 4.65. The van der Waals surface area contributed by atoms with Gasteiger partial charge in [-0.25, -0.2) is 4.98 Å². The molecule has 0 aliphatic rings. The number of halogens is 2. The third-order valence-corrected chi connectivity index (χ3v) is 3.94. The average Bonchev–Trinajstić information content (AvgIpc) is 2.43. The second-order valence-corrected chi connectivity index (χ2v) is 6.39. The Labute approximate surface area is 140 Å². The monoisotopic (exact) mass is 413 g/mol. The van der Waals surface area contributed by atoms with E-state index in [1.54, 1.807) is 6.20 Å². The SMILES string of the molecule is C[C@@H](NC(=S)Nc1ncc(Br)cc1Br)c1ccccc1. The van der Waals surface area contributed by atoms with Gasteiger partial charge in [0.2, 0.25) is 0 Å². The van der Waals surface area contributed by atoms with E-state index in [0.717, 1.165) is 8.95 Å². The molecule has 0 radical (unpaired) electrons. The average molecular weight is 415 g/mol. The number of pyridine rings is 1. The number of benzene rings is 1. The van der Waals surface area contributed by atoms with Gasteiger partial charge in [-0.15, -0.1) is 0 Å². The van der Waals surface area contributed by atoms with Crippen LogP contribution in [0, 0.1) is 0 Å². The summed E-state index contributed by atoms with van der Waals surface area (Å²) in [5.74, 6) is 0.686. The maximum absolute atomic E-state index is 5.31. The molecule has 0 spiro atoms. The van der Waals surface area contributed by atoms with Crippen molar-refractivity contribution in [2.75, 3.05) is 5.32 Å². The molecule has 3 nitrogen and oxygen atoms in total. The van der Waals surface area contributed by atoms with Gasteiger partial charge in [-0.2, -0.15) is 0 Å². The highest BCUT2D eigenvalue weighted by Gasteiger charge is 2.08. The molecule has 1 aromatic heterocycles. The van der Waals surface area contributed by atoms with Crippen LogP contribution in [0.2, 0.25) is 0 Å². The number of nitrogens with one attached hydrogen (secondary N) is 2. The molecule has 2 rings (SSSR count). The number of hydrogen-bond donors (Lipinski definition) is 2. The number of nitrogens with zero attached hydrogens (tertiary/aromatic N) is 1. The minimum atomic E-state index is 0.130. The highest BCUT2D eigenvalue weighted by molar-refractivity contribution is 9.11. The highest BCUT2D eigenvalue weighted by Crippen LogP contribution is 2.23. The fraction of sp³-hybridized carbons (Fsp3) is 0.143. The van der Waals surface area contributed by atoms with Crippen LogP contribution in [0.15, 0.2) is 51.5 Å². The van der Waals surface area contributed by atoms with Gasteiger partial charge >= 0.3 is 0 Å². The summed E-state index contributed by atoms with van der Waals surface area (Å²) in [6.07, 6.45) is 1.72. The summed E-state index contributed by atoms with van der Waals surface area (Å²) in [6.45, 7) is 2.06. The van der Waals surface area contributed by atoms with E-state index in [9.17, 15) is 0 Å². The quantitative estimate of drug-likeness (QED) is 0.716. The van der Waals surface area contributed by atoms with Crippen molar-refractivity contribution in [3.8, 4) is 0 Å². The number of anilines is 1. The lowest BCUT2D eigenvalue weighted by atomic mass is 10.1. The van der Waals surface area contributed by atoms with Crippen LogP contribution in [0.5, 0.6) is 0 Å². The van der Waals surface area contributed by atoms with Crippen LogP contribution in [-0.2, 0) is 0 Å². The zero-order valence-corrected chi connectivity index (χ0v) is 14.7. The molecule has 20 heavy (non-hydrogen) atoms. The lowest BCUT2D eigenvalue weighted by molar-refractivity contribution is 0.722. The van der Waals surface area contributed by atoms with E-state index in [-0.39, 0.29) is 6.04 Å². The maximum Gasteiger partial charge on any atom is 0.172 e. The zero-order chi connectivity index (χ0) is 14.5. The van der Waals surface area contributed by atoms with E-state index < -0.39 is 0 Å². The van der Waals surface area contributed by atoms with Gasteiger partial charge in [-0.1, -0.05) is 30.3 Å². The molecule has 0 saturated carbocycles. The van der Waals surface area contributed by atoms with Gasteiger partial charge in [0.15, 0.2) is 5.11 Å². The van der Waals surface area contributed by atoms with Gasteiger partial charge in [0.25, 0.3) is 0 Å². The number of aromatic nitrogens is 1. The summed E-state index contributed by atoms with van der Waals surface area (Å²) in [5, 5.41) is 6.85. The predicted molar refractivity (Wildman–Crippen MR) is 93.9 cm³/mol. The number of hydrogen-bond acceptors (Lipinski definition) is 2. The molecule has 0 amide bonds. The molecule has 104 valence electrons. The Morgan fingerprint density at radius 2 is 1.95 bits per heavy atom. The first-order valence-electron chi connectivity index (χ1n) is 6.00. The first-order chi connectivity index (χ1) is 9.56. The van der Waals surface area contributed by atoms with Gasteiger partial charge in [-0.05, 0) is 62.6 Å². The van der Waals surface area contributed by atoms with E-state index in [1.165, 1.54) is 5.56 Å². The molecule has 0 aliphatic heterocycles. The number of thiocarbonyl (C=S) groups is 1. The summed E-state index contributed by atoms with van der Waals surface area (Å²) >= 11 is 12.1. The van der Waals surface area contributed by atoms with E-state index in [1.807, 2.05) is 24.3 Å². The Morgan fingerprint density at radius 3 is 2.60 bits per heavy atom. The van der Waals surface area contributed by atoms with Crippen molar-refractivity contribution in [3.05, 3.63) is 57.1 Å². The topological polar surface area (TPSA) is 37.0 Å². The second-order valence-electron chi connectivity index (χ2n) is 4.21. The van der Waals surface area contributed by atoms with Crippen LogP contribution >= 0.6 is 44.1 Å². The van der Waals surface area contributed by atoms with E-state index in [4.69, 9.17) is 12.2 Å². The van der Waals surface area contributed by atoms with Crippen LogP contribution in [0.1, 0.15) is 18.5 Å². The maximum atomic E-state index is 5.31. The molecule has 6 heteroatoms. The molecule has 2 aromatic rings. The molecule has 0 aliphatic carbocycles. The summed E-state index contributed by atoms with van der Waals surface area (Å²) in [5.41, 5.74) is 1.18. The first-order valence-corrected chi connectivity index (χ1v) is 7.99. The van der Waals surface area contributed by atoms with E-state index in [0.29, 0.717) is 10.9 Å². The van der Waals surface area contributed by atoms with Crippen molar-refractivity contribution in [2.45, 2.75) is 13.0 Å². The summed E-state index contributed by atoms with van der Waals surface area (Å²) in [7, 11) is 0. The largest absolute Gasteiger partial charge is 0.356 e. The summed E-state index contributed by atoms with van der Waals surface area (Å²) < 4.78 is 1.76. The van der Waals surface area contributed by atoms with Crippen molar-refractivity contribution < 1.29 is 0 Å². The van der Waals surface area contributed by atoms with Crippen LogP contribution in [0.4, 0.5) is 5.82 Å². The molecule has 0 saturated heterocycles. The third kappa shape index (κ3) is 4.26. The standard InChI is InChI=1S/C14H13Br2N3S/c1-9(10-5-3-2-4-6-10)18-14(20)19-13-12(16)7-11(15)8-17-13/h2-9H,1H3,(H2,17,18,19,20)/t9-/m1/s1. The second kappa shape index (κ2) is 7.15. The number of rotatable bonds is 3. The van der Waals surface area contributed by atoms with Crippen LogP contribution in [-0.4, -0.2) is 10.1 Å². The summed E-state index contributed by atoms with van der Waals surface area (Å²) in [6, 6.07) is 12.2.